The summed E-state index contributed by atoms with van der Waals surface area (Å²) in [6.07, 6.45) is 3.98. The van der Waals surface area contributed by atoms with Crippen LogP contribution in [-0.2, 0) is 16.0 Å². The average molecular weight is 538 g/mol. The van der Waals surface area contributed by atoms with Crippen LogP contribution in [0, 0.1) is 18.8 Å². The molecule has 1 heterocycles. The number of fused-ring (bicyclic) bond motifs is 3. The molecule has 0 bridgehead atoms. The molecule has 1 aromatic heterocycles. The van der Waals surface area contributed by atoms with Gasteiger partial charge in [0.25, 0.3) is 5.91 Å². The highest BCUT2D eigenvalue weighted by atomic mass is 32.1. The topological polar surface area (TPSA) is 174 Å². The number of rotatable bonds is 4. The lowest BCUT2D eigenvalue weighted by molar-refractivity contribution is -0.148. The number of aliphatic hydroxyl groups is 3. The SMILES string of the molecule is Cc1ncsc1/C=C/c1ccc(O)c2c1C[C@H]1C[C@H]3[C@H](N(C)C)C(O)=C(C(N)=O)C(=O)[C@@]3(O)C(O)=C1C2=O. The van der Waals surface area contributed by atoms with Crippen LogP contribution in [-0.4, -0.2) is 73.5 Å². The first-order chi connectivity index (χ1) is 17.9. The summed E-state index contributed by atoms with van der Waals surface area (Å²) in [5.41, 5.74) is 5.53. The van der Waals surface area contributed by atoms with Gasteiger partial charge in [0.1, 0.15) is 22.8 Å². The number of phenols is 1. The maximum atomic E-state index is 13.7. The zero-order valence-electron chi connectivity index (χ0n) is 20.9. The first-order valence-electron chi connectivity index (χ1n) is 12.0. The van der Waals surface area contributed by atoms with Crippen LogP contribution >= 0.6 is 11.3 Å². The highest BCUT2D eigenvalue weighted by Gasteiger charge is 2.63. The van der Waals surface area contributed by atoms with Crippen LogP contribution in [0.25, 0.3) is 12.2 Å². The van der Waals surface area contributed by atoms with E-state index in [1.54, 1.807) is 25.7 Å². The van der Waals surface area contributed by atoms with Gasteiger partial charge in [-0.2, -0.15) is 0 Å². The Kier molecular flexibility index (Phi) is 6.05. The predicted molar refractivity (Wildman–Crippen MR) is 139 cm³/mol. The Hall–Kier alpha value is -3.80. The van der Waals surface area contributed by atoms with Gasteiger partial charge in [-0.25, -0.2) is 4.98 Å². The van der Waals surface area contributed by atoms with Gasteiger partial charge in [0.2, 0.25) is 5.78 Å². The van der Waals surface area contributed by atoms with Crippen LogP contribution in [0.2, 0.25) is 0 Å². The van der Waals surface area contributed by atoms with Crippen molar-refractivity contribution in [1.29, 1.82) is 0 Å². The third kappa shape index (κ3) is 3.53. The molecule has 5 rings (SSSR count). The molecule has 0 saturated carbocycles. The van der Waals surface area contributed by atoms with Gasteiger partial charge in [-0.1, -0.05) is 12.1 Å². The normalized spacial score (nSPS) is 27.1. The van der Waals surface area contributed by atoms with E-state index in [4.69, 9.17) is 5.73 Å². The molecule has 38 heavy (non-hydrogen) atoms. The molecule has 11 heteroatoms. The number of carbonyl (C=O) groups is 3. The van der Waals surface area contributed by atoms with E-state index in [0.717, 1.165) is 10.6 Å². The molecule has 0 aliphatic heterocycles. The van der Waals surface area contributed by atoms with E-state index in [0.29, 0.717) is 11.1 Å². The number of ketones is 2. The van der Waals surface area contributed by atoms with E-state index in [9.17, 15) is 34.8 Å². The number of aromatic nitrogens is 1. The number of phenolic OH excluding ortho intramolecular Hbond substituents is 1. The third-order valence-electron chi connectivity index (χ3n) is 7.84. The number of amides is 1. The van der Waals surface area contributed by atoms with Crippen LogP contribution in [0.15, 0.2) is 40.3 Å². The number of thiazole rings is 1. The molecule has 198 valence electrons. The molecule has 0 radical (unpaired) electrons. The number of nitrogens with zero attached hydrogens (tertiary/aromatic N) is 2. The molecule has 1 amide bonds. The van der Waals surface area contributed by atoms with Crippen molar-refractivity contribution in [3.63, 3.8) is 0 Å². The van der Waals surface area contributed by atoms with E-state index >= 15 is 0 Å². The summed E-state index contributed by atoms with van der Waals surface area (Å²) < 4.78 is 0. The number of aliphatic hydroxyl groups excluding tert-OH is 2. The Morgan fingerprint density at radius 2 is 1.92 bits per heavy atom. The summed E-state index contributed by atoms with van der Waals surface area (Å²) >= 11 is 1.47. The molecule has 0 saturated heterocycles. The summed E-state index contributed by atoms with van der Waals surface area (Å²) in [5.74, 6) is -6.67. The second-order valence-electron chi connectivity index (χ2n) is 10.1. The Balaban J connectivity index is 1.67. The molecule has 6 N–H and O–H groups in total. The number of hydrogen-bond donors (Lipinski definition) is 5. The lowest BCUT2D eigenvalue weighted by Crippen LogP contribution is -2.63. The summed E-state index contributed by atoms with van der Waals surface area (Å²) in [5, 5.41) is 44.5. The minimum absolute atomic E-state index is 0.0195. The molecule has 0 fully saturated rings. The molecule has 4 atom stereocenters. The van der Waals surface area contributed by atoms with Crippen molar-refractivity contribution in [1.82, 2.24) is 9.88 Å². The number of aryl methyl sites for hydroxylation is 1. The average Bonchev–Trinajstić information content (AvgIpc) is 3.25. The van der Waals surface area contributed by atoms with Crippen LogP contribution in [0.4, 0.5) is 0 Å². The van der Waals surface area contributed by atoms with Crippen LogP contribution in [0.5, 0.6) is 5.75 Å². The van der Waals surface area contributed by atoms with Crippen molar-refractivity contribution in [2.24, 2.45) is 17.6 Å². The van der Waals surface area contributed by atoms with Gasteiger partial charge in [0, 0.05) is 16.4 Å². The Morgan fingerprint density at radius 1 is 1.21 bits per heavy atom. The quantitative estimate of drug-likeness (QED) is 0.366. The van der Waals surface area contributed by atoms with E-state index in [1.165, 1.54) is 22.3 Å². The number of likely N-dealkylation sites (N-methyl/N-ethyl adjacent to an activating group) is 1. The number of aromatic hydroxyl groups is 1. The number of allylic oxidation sites excluding steroid dienone is 1. The fraction of sp³-hybridized carbons (Fsp3) is 0.333. The Morgan fingerprint density at radius 3 is 2.53 bits per heavy atom. The van der Waals surface area contributed by atoms with Gasteiger partial charge in [0.15, 0.2) is 11.4 Å². The monoisotopic (exact) mass is 537 g/mol. The van der Waals surface area contributed by atoms with E-state index in [-0.39, 0.29) is 29.7 Å². The number of hydrogen-bond acceptors (Lipinski definition) is 10. The highest BCUT2D eigenvalue weighted by molar-refractivity contribution is 7.10. The second-order valence-corrected chi connectivity index (χ2v) is 11.0. The highest BCUT2D eigenvalue weighted by Crippen LogP contribution is 2.52. The number of Topliss-reactive ketones (excluding diaryl/α,β-unsaturated/α-hetero) is 2. The number of primary amides is 1. The van der Waals surface area contributed by atoms with Gasteiger partial charge in [-0.15, -0.1) is 11.3 Å². The van der Waals surface area contributed by atoms with Crippen molar-refractivity contribution in [2.45, 2.75) is 31.4 Å². The minimum atomic E-state index is -2.65. The summed E-state index contributed by atoms with van der Waals surface area (Å²) in [7, 11) is 3.19. The molecule has 2 aromatic rings. The zero-order chi connectivity index (χ0) is 27.7. The second kappa shape index (κ2) is 8.90. The van der Waals surface area contributed by atoms with E-state index < -0.39 is 58.0 Å². The van der Waals surface area contributed by atoms with Crippen molar-refractivity contribution in [2.75, 3.05) is 14.1 Å². The van der Waals surface area contributed by atoms with Crippen molar-refractivity contribution in [3.05, 3.63) is 67.6 Å². The minimum Gasteiger partial charge on any atom is -0.510 e. The fourth-order valence-electron chi connectivity index (χ4n) is 6.07. The molecule has 3 aliphatic rings. The lowest BCUT2D eigenvalue weighted by Gasteiger charge is -2.50. The summed E-state index contributed by atoms with van der Waals surface area (Å²) in [4.78, 5) is 45.8. The first-order valence-corrected chi connectivity index (χ1v) is 12.8. The Labute approximate surface area is 222 Å². The molecule has 10 nitrogen and oxygen atoms in total. The predicted octanol–water partition coefficient (Wildman–Crippen LogP) is 2.06. The lowest BCUT2D eigenvalue weighted by atomic mass is 9.58. The third-order valence-corrected chi connectivity index (χ3v) is 8.74. The van der Waals surface area contributed by atoms with Gasteiger partial charge < -0.3 is 26.2 Å². The fourth-order valence-corrected chi connectivity index (χ4v) is 6.76. The van der Waals surface area contributed by atoms with Gasteiger partial charge in [-0.3, -0.25) is 19.3 Å². The largest absolute Gasteiger partial charge is 0.510 e. The molecule has 1 aromatic carbocycles. The maximum Gasteiger partial charge on any atom is 0.255 e. The first kappa shape index (κ1) is 25.8. The maximum absolute atomic E-state index is 13.7. The summed E-state index contributed by atoms with van der Waals surface area (Å²) in [6, 6.07) is 2.05. The van der Waals surface area contributed by atoms with Crippen molar-refractivity contribution < 1.29 is 34.8 Å². The number of nitrogens with two attached hydrogens (primary N) is 1. The number of carbonyl (C=O) groups excluding carboxylic acids is 3. The van der Waals surface area contributed by atoms with E-state index in [1.807, 2.05) is 19.1 Å². The number of benzene rings is 1. The Bertz CT molecular complexity index is 1500. The van der Waals surface area contributed by atoms with Crippen molar-refractivity contribution in [3.8, 4) is 5.75 Å². The molecule has 0 spiro atoms. The van der Waals surface area contributed by atoms with Crippen LogP contribution in [0.1, 0.15) is 38.5 Å². The van der Waals surface area contributed by atoms with Crippen LogP contribution < -0.4 is 5.73 Å². The van der Waals surface area contributed by atoms with Crippen molar-refractivity contribution >= 4 is 41.0 Å². The van der Waals surface area contributed by atoms with Gasteiger partial charge >= 0.3 is 0 Å². The standard InChI is InChI=1S/C27H27N3O7S/c1-11-17(38-10-29-11)7-5-12-4-6-16(31)19-14(12)8-13-9-15-21(30(2)3)23(33)20(26(28)36)25(35)27(15,37)24(34)18(13)22(19)32/h4-7,10,13,15,21,31,33-34,37H,8-9H2,1-3H3,(H2,28,36)/b7-5+/t13-,15-,21-,27-/m0/s1. The smallest absolute Gasteiger partial charge is 0.255 e. The van der Waals surface area contributed by atoms with Gasteiger partial charge in [-0.05, 0) is 63.0 Å². The van der Waals surface area contributed by atoms with Crippen LogP contribution in [0.3, 0.4) is 0 Å². The molecule has 0 unspecified atom stereocenters. The van der Waals surface area contributed by atoms with E-state index in [2.05, 4.69) is 4.98 Å². The molecular weight excluding hydrogens is 510 g/mol. The zero-order valence-corrected chi connectivity index (χ0v) is 21.7. The summed E-state index contributed by atoms with van der Waals surface area (Å²) in [6.45, 7) is 1.88. The molecule has 3 aliphatic carbocycles. The van der Waals surface area contributed by atoms with Gasteiger partial charge in [0.05, 0.1) is 22.8 Å². The molecular formula is C27H27N3O7S.